The number of ether oxygens (including phenoxy) is 2. The first-order valence-electron chi connectivity index (χ1n) is 11.6. The highest BCUT2D eigenvalue weighted by Gasteiger charge is 2.43. The van der Waals surface area contributed by atoms with Crippen molar-refractivity contribution < 1.29 is 27.9 Å². The third kappa shape index (κ3) is 6.86. The number of aromatic nitrogens is 1. The van der Waals surface area contributed by atoms with Crippen LogP contribution >= 0.6 is 11.6 Å². The number of hydrogen-bond acceptors (Lipinski definition) is 8. The molecule has 1 atom stereocenters. The van der Waals surface area contributed by atoms with Gasteiger partial charge in [-0.3, -0.25) is 19.7 Å². The number of rotatable bonds is 11. The van der Waals surface area contributed by atoms with Crippen LogP contribution in [0.4, 0.5) is 0 Å². The van der Waals surface area contributed by atoms with Crippen LogP contribution in [0.15, 0.2) is 41.3 Å². The van der Waals surface area contributed by atoms with Crippen LogP contribution in [-0.4, -0.2) is 79.5 Å². The van der Waals surface area contributed by atoms with Gasteiger partial charge in [0, 0.05) is 44.7 Å². The SMILES string of the molecule is CC(CCn1ccc(-c2ccc(OCCCN3CCOCC3)c(Cl)c2)cc1=O)(C(=O)NO)S(C)(=O)=O. The molecule has 1 aromatic carbocycles. The molecule has 1 unspecified atom stereocenters. The number of sulfone groups is 1. The normalized spacial score (nSPS) is 16.3. The zero-order valence-electron chi connectivity index (χ0n) is 20.4. The number of benzene rings is 1. The number of aryl methyl sites for hydroxylation is 1. The molecule has 0 radical (unpaired) electrons. The molecule has 10 nitrogen and oxygen atoms in total. The van der Waals surface area contributed by atoms with Gasteiger partial charge >= 0.3 is 0 Å². The van der Waals surface area contributed by atoms with Gasteiger partial charge in [-0.1, -0.05) is 17.7 Å². The van der Waals surface area contributed by atoms with E-state index in [1.165, 1.54) is 29.2 Å². The predicted molar refractivity (Wildman–Crippen MR) is 136 cm³/mol. The van der Waals surface area contributed by atoms with Crippen LogP contribution in [-0.2, 0) is 25.9 Å². The first-order valence-corrected chi connectivity index (χ1v) is 13.9. The molecule has 1 fully saturated rings. The summed E-state index contributed by atoms with van der Waals surface area (Å²) in [6, 6.07) is 8.43. The lowest BCUT2D eigenvalue weighted by atomic mass is 10.1. The number of carbonyl (C=O) groups excluding carboxylic acids is 1. The fourth-order valence-electron chi connectivity index (χ4n) is 3.88. The number of hydrogen-bond donors (Lipinski definition) is 2. The Morgan fingerprint density at radius 3 is 2.50 bits per heavy atom. The summed E-state index contributed by atoms with van der Waals surface area (Å²) in [6.45, 7) is 6.04. The third-order valence-electron chi connectivity index (χ3n) is 6.47. The van der Waals surface area contributed by atoms with Gasteiger partial charge in [0.25, 0.3) is 11.5 Å². The van der Waals surface area contributed by atoms with Crippen molar-refractivity contribution in [3.63, 3.8) is 0 Å². The van der Waals surface area contributed by atoms with Gasteiger partial charge in [0.15, 0.2) is 14.6 Å². The second-order valence-electron chi connectivity index (χ2n) is 8.94. The maximum absolute atomic E-state index is 12.7. The van der Waals surface area contributed by atoms with Crippen LogP contribution in [0, 0.1) is 0 Å². The summed E-state index contributed by atoms with van der Waals surface area (Å²) in [6.07, 6.45) is 3.12. The molecule has 2 N–H and O–H groups in total. The topological polar surface area (TPSA) is 127 Å². The molecule has 0 bridgehead atoms. The van der Waals surface area contributed by atoms with Crippen molar-refractivity contribution in [2.45, 2.75) is 31.1 Å². The van der Waals surface area contributed by atoms with E-state index in [4.69, 9.17) is 26.3 Å². The van der Waals surface area contributed by atoms with Gasteiger partial charge in [0.2, 0.25) is 0 Å². The lowest BCUT2D eigenvalue weighted by molar-refractivity contribution is -0.131. The minimum absolute atomic E-state index is 0.0336. The Morgan fingerprint density at radius 1 is 1.19 bits per heavy atom. The van der Waals surface area contributed by atoms with E-state index in [1.54, 1.807) is 18.2 Å². The molecule has 0 spiro atoms. The summed E-state index contributed by atoms with van der Waals surface area (Å²) in [5.74, 6) is -0.481. The van der Waals surface area contributed by atoms with Gasteiger partial charge in [-0.2, -0.15) is 0 Å². The molecule has 198 valence electrons. The van der Waals surface area contributed by atoms with Gasteiger partial charge in [-0.15, -0.1) is 0 Å². The quantitative estimate of drug-likeness (QED) is 0.251. The molecule has 1 aliphatic rings. The Balaban J connectivity index is 1.62. The van der Waals surface area contributed by atoms with Gasteiger partial charge in [0.1, 0.15) is 5.75 Å². The third-order valence-corrected chi connectivity index (χ3v) is 8.79. The van der Waals surface area contributed by atoms with E-state index in [9.17, 15) is 18.0 Å². The van der Waals surface area contributed by atoms with E-state index in [1.807, 2.05) is 6.07 Å². The second kappa shape index (κ2) is 12.2. The standard InChI is InChI=1S/C24H32ClN3O7S/c1-24(23(30)26-31,36(2,32)33)7-10-28-9-6-19(17-22(28)29)18-4-5-21(20(25)16-18)35-13-3-8-27-11-14-34-15-12-27/h4-6,9,16-17,31H,3,7-8,10-15H2,1-2H3,(H,26,30). The molecular formula is C24H32ClN3O7S. The summed E-state index contributed by atoms with van der Waals surface area (Å²) in [5, 5.41) is 9.38. The van der Waals surface area contributed by atoms with Crippen LogP contribution in [0.25, 0.3) is 11.1 Å². The molecule has 2 heterocycles. The number of nitrogens with zero attached hydrogens (tertiary/aromatic N) is 2. The Kier molecular flexibility index (Phi) is 9.53. The fourth-order valence-corrected chi connectivity index (χ4v) is 4.96. The number of amides is 1. The first-order chi connectivity index (χ1) is 17.0. The average molecular weight is 542 g/mol. The zero-order chi connectivity index (χ0) is 26.3. The van der Waals surface area contributed by atoms with E-state index < -0.39 is 20.5 Å². The molecular weight excluding hydrogens is 510 g/mol. The van der Waals surface area contributed by atoms with Crippen molar-refractivity contribution in [3.05, 3.63) is 51.9 Å². The summed E-state index contributed by atoms with van der Waals surface area (Å²) >= 11 is 6.41. The summed E-state index contributed by atoms with van der Waals surface area (Å²) in [4.78, 5) is 27.0. The predicted octanol–water partition coefficient (Wildman–Crippen LogP) is 1.97. The maximum atomic E-state index is 12.7. The monoisotopic (exact) mass is 541 g/mol. The van der Waals surface area contributed by atoms with Crippen molar-refractivity contribution in [2.24, 2.45) is 0 Å². The van der Waals surface area contributed by atoms with Gasteiger partial charge < -0.3 is 14.0 Å². The summed E-state index contributed by atoms with van der Waals surface area (Å²) < 4.78 is 34.9. The van der Waals surface area contributed by atoms with Crippen LogP contribution < -0.4 is 15.8 Å². The fraction of sp³-hybridized carbons (Fsp3) is 0.500. The molecule has 36 heavy (non-hydrogen) atoms. The Hall–Kier alpha value is -2.44. The average Bonchev–Trinajstić information content (AvgIpc) is 2.85. The molecule has 12 heteroatoms. The minimum Gasteiger partial charge on any atom is -0.492 e. The second-order valence-corrected chi connectivity index (χ2v) is 11.8. The van der Waals surface area contributed by atoms with Crippen molar-refractivity contribution in [1.29, 1.82) is 0 Å². The number of morpholine rings is 1. The maximum Gasteiger partial charge on any atom is 0.264 e. The van der Waals surface area contributed by atoms with Crippen LogP contribution in [0.1, 0.15) is 19.8 Å². The molecule has 1 aliphatic heterocycles. The summed E-state index contributed by atoms with van der Waals surface area (Å²) in [7, 11) is -3.85. The van der Waals surface area contributed by atoms with Crippen molar-refractivity contribution in [1.82, 2.24) is 14.9 Å². The van der Waals surface area contributed by atoms with E-state index >= 15 is 0 Å². The van der Waals surface area contributed by atoms with Crippen LogP contribution in [0.3, 0.4) is 0 Å². The number of nitrogens with one attached hydrogen (secondary N) is 1. The van der Waals surface area contributed by atoms with Crippen molar-refractivity contribution >= 4 is 27.3 Å². The smallest absolute Gasteiger partial charge is 0.264 e. The van der Waals surface area contributed by atoms with Gasteiger partial charge in [-0.05, 0) is 49.1 Å². The Labute approximate surface area is 215 Å². The minimum atomic E-state index is -3.85. The van der Waals surface area contributed by atoms with E-state index in [0.717, 1.165) is 51.1 Å². The molecule has 0 saturated carbocycles. The molecule has 0 aliphatic carbocycles. The number of pyridine rings is 1. The van der Waals surface area contributed by atoms with Gasteiger partial charge in [0.05, 0.1) is 24.8 Å². The lowest BCUT2D eigenvalue weighted by Gasteiger charge is -2.26. The van der Waals surface area contributed by atoms with E-state index in [0.29, 0.717) is 22.9 Å². The van der Waals surface area contributed by atoms with Crippen LogP contribution in [0.2, 0.25) is 5.02 Å². The zero-order valence-corrected chi connectivity index (χ0v) is 22.0. The largest absolute Gasteiger partial charge is 0.492 e. The lowest BCUT2D eigenvalue weighted by Crippen LogP contribution is -2.49. The number of halogens is 1. The van der Waals surface area contributed by atoms with E-state index in [-0.39, 0.29) is 18.5 Å². The van der Waals surface area contributed by atoms with E-state index in [2.05, 4.69) is 4.90 Å². The van der Waals surface area contributed by atoms with Crippen molar-refractivity contribution in [2.75, 3.05) is 45.7 Å². The highest BCUT2D eigenvalue weighted by atomic mass is 35.5. The first kappa shape index (κ1) is 28.1. The summed E-state index contributed by atoms with van der Waals surface area (Å²) in [5.41, 5.74) is 2.39. The Morgan fingerprint density at radius 2 is 1.89 bits per heavy atom. The molecule has 2 aromatic rings. The molecule has 3 rings (SSSR count). The highest BCUT2D eigenvalue weighted by Crippen LogP contribution is 2.30. The molecule has 1 amide bonds. The number of hydroxylamine groups is 1. The van der Waals surface area contributed by atoms with Crippen molar-refractivity contribution in [3.8, 4) is 16.9 Å². The Bertz CT molecular complexity index is 1230. The van der Waals surface area contributed by atoms with Gasteiger partial charge in [-0.25, -0.2) is 13.9 Å². The van der Waals surface area contributed by atoms with Crippen LogP contribution in [0.5, 0.6) is 5.75 Å². The highest BCUT2D eigenvalue weighted by molar-refractivity contribution is 7.92. The molecule has 1 saturated heterocycles. The molecule has 1 aromatic heterocycles. The number of carbonyl (C=O) groups is 1.